The minimum Gasteiger partial charge on any atom is -0.481 e. The van der Waals surface area contributed by atoms with Crippen molar-refractivity contribution in [2.45, 2.75) is 18.9 Å². The van der Waals surface area contributed by atoms with Crippen LogP contribution in [-0.2, 0) is 12.8 Å². The van der Waals surface area contributed by atoms with E-state index < -0.39 is 0 Å². The van der Waals surface area contributed by atoms with Gasteiger partial charge in [0.05, 0.1) is 7.11 Å². The molecule has 3 nitrogen and oxygen atoms in total. The molecule has 0 spiro atoms. The fourth-order valence-electron chi connectivity index (χ4n) is 2.17. The van der Waals surface area contributed by atoms with Crippen molar-refractivity contribution in [1.29, 1.82) is 0 Å². The summed E-state index contributed by atoms with van der Waals surface area (Å²) in [4.78, 5) is 4.21. The maximum Gasteiger partial charge on any atom is 0.212 e. The Hall–Kier alpha value is -1.46. The van der Waals surface area contributed by atoms with Crippen LogP contribution in [0.5, 0.6) is 5.88 Å². The number of benzene rings is 1. The third-order valence-electron chi connectivity index (χ3n) is 3.38. The molecule has 1 heterocycles. The highest BCUT2D eigenvalue weighted by Gasteiger charge is 2.11. The third-order valence-corrected chi connectivity index (χ3v) is 4.12. The van der Waals surface area contributed by atoms with E-state index in [4.69, 9.17) is 4.74 Å². The Bertz CT molecular complexity index is 589. The Morgan fingerprint density at radius 3 is 2.67 bits per heavy atom. The highest BCUT2D eigenvalue weighted by atomic mass is 79.9. The summed E-state index contributed by atoms with van der Waals surface area (Å²) in [5.74, 6) is 0.382. The van der Waals surface area contributed by atoms with E-state index in [1.807, 2.05) is 31.4 Å². The van der Waals surface area contributed by atoms with Crippen LogP contribution in [0.4, 0.5) is 4.39 Å². The maximum atomic E-state index is 13.1. The van der Waals surface area contributed by atoms with Gasteiger partial charge in [-0.25, -0.2) is 9.37 Å². The van der Waals surface area contributed by atoms with Crippen LogP contribution < -0.4 is 10.1 Å². The summed E-state index contributed by atoms with van der Waals surface area (Å²) in [6.45, 7) is 0. The number of aromatic nitrogens is 1. The molecule has 1 aromatic carbocycles. The number of ether oxygens (including phenoxy) is 1. The summed E-state index contributed by atoms with van der Waals surface area (Å²) in [6, 6.07) is 8.92. The topological polar surface area (TPSA) is 34.1 Å². The molecule has 0 radical (unpaired) electrons. The first-order chi connectivity index (χ1) is 10.1. The first-order valence-corrected chi connectivity index (χ1v) is 7.51. The Kier molecular flexibility index (Phi) is 5.70. The van der Waals surface area contributed by atoms with Gasteiger partial charge < -0.3 is 10.1 Å². The van der Waals surface area contributed by atoms with Crippen molar-refractivity contribution in [2.75, 3.05) is 14.2 Å². The van der Waals surface area contributed by atoms with Crippen LogP contribution in [0.2, 0.25) is 0 Å². The lowest BCUT2D eigenvalue weighted by molar-refractivity contribution is 0.397. The van der Waals surface area contributed by atoms with Crippen molar-refractivity contribution in [3.8, 4) is 5.88 Å². The van der Waals surface area contributed by atoms with Gasteiger partial charge in [0.15, 0.2) is 0 Å². The monoisotopic (exact) mass is 352 g/mol. The molecule has 21 heavy (non-hydrogen) atoms. The normalized spacial score (nSPS) is 12.2. The molecule has 1 aromatic heterocycles. The molecule has 0 aliphatic rings. The molecular formula is C16H18BrFN2O. The zero-order chi connectivity index (χ0) is 15.2. The second-order valence-corrected chi connectivity index (χ2v) is 5.69. The molecule has 0 aliphatic carbocycles. The van der Waals surface area contributed by atoms with E-state index in [-0.39, 0.29) is 11.9 Å². The average Bonchev–Trinajstić information content (AvgIpc) is 2.49. The lowest BCUT2D eigenvalue weighted by Crippen LogP contribution is -2.30. The van der Waals surface area contributed by atoms with Crippen LogP contribution in [0.25, 0.3) is 0 Å². The highest BCUT2D eigenvalue weighted by Crippen LogP contribution is 2.20. The zero-order valence-corrected chi connectivity index (χ0v) is 13.7. The Morgan fingerprint density at radius 1 is 1.29 bits per heavy atom. The van der Waals surface area contributed by atoms with E-state index in [0.29, 0.717) is 5.88 Å². The van der Waals surface area contributed by atoms with Crippen LogP contribution in [0, 0.1) is 5.82 Å². The fourth-order valence-corrected chi connectivity index (χ4v) is 2.68. The second-order valence-electron chi connectivity index (χ2n) is 4.84. The largest absolute Gasteiger partial charge is 0.481 e. The van der Waals surface area contributed by atoms with Gasteiger partial charge in [-0.05, 0) is 43.1 Å². The number of nitrogens with zero attached hydrogens (tertiary/aromatic N) is 1. The highest BCUT2D eigenvalue weighted by molar-refractivity contribution is 9.10. The quantitative estimate of drug-likeness (QED) is 0.865. The lowest BCUT2D eigenvalue weighted by Gasteiger charge is -2.17. The predicted octanol–water partition coefficient (Wildman–Crippen LogP) is 3.37. The van der Waals surface area contributed by atoms with Crippen LogP contribution >= 0.6 is 15.9 Å². The molecule has 2 rings (SSSR count). The Morgan fingerprint density at radius 2 is 2.10 bits per heavy atom. The van der Waals surface area contributed by atoms with Crippen molar-refractivity contribution < 1.29 is 9.13 Å². The second kappa shape index (κ2) is 7.52. The van der Waals surface area contributed by atoms with Gasteiger partial charge in [-0.15, -0.1) is 0 Å². The van der Waals surface area contributed by atoms with Crippen LogP contribution in [0.1, 0.15) is 11.1 Å². The molecule has 1 atom stereocenters. The number of hydrogen-bond donors (Lipinski definition) is 1. The van der Waals surface area contributed by atoms with Crippen molar-refractivity contribution in [3.63, 3.8) is 0 Å². The van der Waals surface area contributed by atoms with Gasteiger partial charge in [0.25, 0.3) is 0 Å². The summed E-state index contributed by atoms with van der Waals surface area (Å²) in [5, 5.41) is 3.30. The van der Waals surface area contributed by atoms with E-state index in [9.17, 15) is 4.39 Å². The standard InChI is InChI=1S/C16H18BrFN2O/c1-19-14(7-11-3-6-16(21-2)20-10-11)8-12-4-5-13(18)9-15(12)17/h3-6,9-10,14,19H,7-8H2,1-2H3. The third kappa shape index (κ3) is 4.51. The number of halogens is 2. The SMILES string of the molecule is CNC(Cc1ccc(OC)nc1)Cc1ccc(F)cc1Br. The summed E-state index contributed by atoms with van der Waals surface area (Å²) in [7, 11) is 3.53. The number of likely N-dealkylation sites (N-methyl/N-ethyl adjacent to an activating group) is 1. The molecule has 5 heteroatoms. The smallest absolute Gasteiger partial charge is 0.212 e. The summed E-state index contributed by atoms with van der Waals surface area (Å²) in [6.07, 6.45) is 3.48. The van der Waals surface area contributed by atoms with Gasteiger partial charge in [0.1, 0.15) is 5.82 Å². The number of hydrogen-bond acceptors (Lipinski definition) is 3. The van der Waals surface area contributed by atoms with Gasteiger partial charge >= 0.3 is 0 Å². The van der Waals surface area contributed by atoms with E-state index in [0.717, 1.165) is 28.4 Å². The molecule has 0 saturated heterocycles. The molecular weight excluding hydrogens is 335 g/mol. The minimum absolute atomic E-state index is 0.231. The van der Waals surface area contributed by atoms with Gasteiger partial charge in [0.2, 0.25) is 5.88 Å². The van der Waals surface area contributed by atoms with Gasteiger partial charge in [-0.2, -0.15) is 0 Å². The van der Waals surface area contributed by atoms with Crippen LogP contribution in [-0.4, -0.2) is 25.2 Å². The maximum absolute atomic E-state index is 13.1. The Labute approximate surface area is 132 Å². The first-order valence-electron chi connectivity index (χ1n) is 6.72. The van der Waals surface area contributed by atoms with Gasteiger partial charge in [-0.1, -0.05) is 28.1 Å². The lowest BCUT2D eigenvalue weighted by atomic mass is 10.00. The minimum atomic E-state index is -0.231. The van der Waals surface area contributed by atoms with E-state index >= 15 is 0 Å². The van der Waals surface area contributed by atoms with E-state index in [1.165, 1.54) is 12.1 Å². The van der Waals surface area contributed by atoms with Crippen molar-refractivity contribution in [2.24, 2.45) is 0 Å². The van der Waals surface area contributed by atoms with Crippen molar-refractivity contribution >= 4 is 15.9 Å². The molecule has 1 unspecified atom stereocenters. The summed E-state index contributed by atoms with van der Waals surface area (Å²) in [5.41, 5.74) is 2.21. The van der Waals surface area contributed by atoms with Crippen LogP contribution in [0.3, 0.4) is 0 Å². The van der Waals surface area contributed by atoms with Gasteiger partial charge in [0, 0.05) is 22.8 Å². The van der Waals surface area contributed by atoms with E-state index in [2.05, 4.69) is 26.2 Å². The number of pyridine rings is 1. The predicted molar refractivity (Wildman–Crippen MR) is 85.1 cm³/mol. The fraction of sp³-hybridized carbons (Fsp3) is 0.312. The molecule has 0 aliphatic heterocycles. The zero-order valence-electron chi connectivity index (χ0n) is 12.1. The van der Waals surface area contributed by atoms with Gasteiger partial charge in [-0.3, -0.25) is 0 Å². The van der Waals surface area contributed by atoms with Crippen LogP contribution in [0.15, 0.2) is 41.0 Å². The molecule has 0 bridgehead atoms. The number of rotatable bonds is 6. The Balaban J connectivity index is 2.05. The number of methoxy groups -OCH3 is 1. The van der Waals surface area contributed by atoms with Crippen molar-refractivity contribution in [1.82, 2.24) is 10.3 Å². The molecule has 0 amide bonds. The molecule has 112 valence electrons. The average molecular weight is 353 g/mol. The van der Waals surface area contributed by atoms with Crippen molar-refractivity contribution in [3.05, 3.63) is 57.9 Å². The summed E-state index contributed by atoms with van der Waals surface area (Å²) >= 11 is 3.41. The molecule has 1 N–H and O–H groups in total. The molecule has 2 aromatic rings. The van der Waals surface area contributed by atoms with E-state index in [1.54, 1.807) is 7.11 Å². The molecule has 0 saturated carbocycles. The molecule has 0 fully saturated rings. The summed E-state index contributed by atoms with van der Waals surface area (Å²) < 4.78 is 19.0. The number of nitrogens with one attached hydrogen (secondary N) is 1. The first kappa shape index (κ1) is 15.9.